The number of aryl methyl sites for hydroxylation is 2. The van der Waals surface area contributed by atoms with Crippen LogP contribution < -0.4 is 5.32 Å². The predicted molar refractivity (Wildman–Crippen MR) is 71.0 cm³/mol. The summed E-state index contributed by atoms with van der Waals surface area (Å²) in [6, 6.07) is 6.14. The number of nitrogens with one attached hydrogen (secondary N) is 1. The Kier molecular flexibility index (Phi) is 3.62. The smallest absolute Gasteiger partial charge is 0.227 e. The first kappa shape index (κ1) is 11.9. The van der Waals surface area contributed by atoms with E-state index in [1.807, 2.05) is 26.0 Å². The molecule has 1 atom stereocenters. The Balaban J connectivity index is 2.07. The highest BCUT2D eigenvalue weighted by molar-refractivity contribution is 5.93. The molecule has 1 aliphatic rings. The van der Waals surface area contributed by atoms with Crippen LogP contribution in [-0.2, 0) is 4.79 Å². The van der Waals surface area contributed by atoms with E-state index in [2.05, 4.69) is 23.5 Å². The molecular formula is C15H19NO. The lowest BCUT2D eigenvalue weighted by Crippen LogP contribution is -2.23. The number of hydrogen-bond acceptors (Lipinski definition) is 1. The molecule has 0 aliphatic heterocycles. The van der Waals surface area contributed by atoms with E-state index in [0.717, 1.165) is 30.5 Å². The number of carbonyl (C=O) groups is 1. The molecule has 2 rings (SSSR count). The Bertz CT molecular complexity index is 448. The summed E-state index contributed by atoms with van der Waals surface area (Å²) in [6.45, 7) is 4.06. The third-order valence-electron chi connectivity index (χ3n) is 3.29. The van der Waals surface area contributed by atoms with Gasteiger partial charge in [0.2, 0.25) is 5.91 Å². The second-order valence-corrected chi connectivity index (χ2v) is 4.79. The van der Waals surface area contributed by atoms with E-state index in [0.29, 0.717) is 0 Å². The predicted octanol–water partition coefficient (Wildman–Crippen LogP) is 3.60. The topological polar surface area (TPSA) is 29.1 Å². The molecule has 1 aromatic carbocycles. The first-order valence-electron chi connectivity index (χ1n) is 6.20. The average Bonchev–Trinajstić information content (AvgIpc) is 2.35. The minimum Gasteiger partial charge on any atom is -0.326 e. The number of anilines is 1. The second kappa shape index (κ2) is 5.17. The molecule has 0 unspecified atom stereocenters. The van der Waals surface area contributed by atoms with Gasteiger partial charge in [0, 0.05) is 11.6 Å². The van der Waals surface area contributed by atoms with Gasteiger partial charge in [-0.15, -0.1) is 0 Å². The molecule has 0 radical (unpaired) electrons. The summed E-state index contributed by atoms with van der Waals surface area (Å²) in [5.74, 6) is 0.294. The molecule has 0 heterocycles. The van der Waals surface area contributed by atoms with Gasteiger partial charge in [-0.05, 0) is 50.3 Å². The summed E-state index contributed by atoms with van der Waals surface area (Å²) in [5, 5.41) is 3.05. The highest BCUT2D eigenvalue weighted by atomic mass is 16.1. The molecule has 17 heavy (non-hydrogen) atoms. The lowest BCUT2D eigenvalue weighted by Gasteiger charge is -2.18. The van der Waals surface area contributed by atoms with E-state index in [9.17, 15) is 4.79 Å². The van der Waals surface area contributed by atoms with E-state index in [4.69, 9.17) is 0 Å². The van der Waals surface area contributed by atoms with Gasteiger partial charge in [-0.3, -0.25) is 4.79 Å². The van der Waals surface area contributed by atoms with Crippen molar-refractivity contribution < 1.29 is 4.79 Å². The molecule has 1 aliphatic carbocycles. The molecule has 1 amide bonds. The monoisotopic (exact) mass is 229 g/mol. The Morgan fingerprint density at radius 3 is 2.82 bits per heavy atom. The van der Waals surface area contributed by atoms with Crippen LogP contribution in [-0.4, -0.2) is 5.91 Å². The van der Waals surface area contributed by atoms with Crippen LogP contribution in [0.5, 0.6) is 0 Å². The summed E-state index contributed by atoms with van der Waals surface area (Å²) < 4.78 is 0. The lowest BCUT2D eigenvalue weighted by atomic mass is 9.93. The average molecular weight is 229 g/mol. The number of benzene rings is 1. The van der Waals surface area contributed by atoms with Crippen LogP contribution in [0.15, 0.2) is 30.4 Å². The van der Waals surface area contributed by atoms with Crippen LogP contribution >= 0.6 is 0 Å². The van der Waals surface area contributed by atoms with E-state index >= 15 is 0 Å². The molecule has 1 aromatic rings. The van der Waals surface area contributed by atoms with Crippen molar-refractivity contribution in [1.29, 1.82) is 0 Å². The normalized spacial score (nSPS) is 19.1. The lowest BCUT2D eigenvalue weighted by molar-refractivity contribution is -0.120. The summed E-state index contributed by atoms with van der Waals surface area (Å²) in [5.41, 5.74) is 3.24. The summed E-state index contributed by atoms with van der Waals surface area (Å²) in [7, 11) is 0. The van der Waals surface area contributed by atoms with Gasteiger partial charge in [-0.2, -0.15) is 0 Å². The zero-order valence-corrected chi connectivity index (χ0v) is 10.5. The first-order chi connectivity index (χ1) is 8.16. The maximum absolute atomic E-state index is 12.1. The number of rotatable bonds is 2. The molecule has 2 heteroatoms. The Hall–Kier alpha value is -1.57. The zero-order chi connectivity index (χ0) is 12.3. The zero-order valence-electron chi connectivity index (χ0n) is 10.5. The second-order valence-electron chi connectivity index (χ2n) is 4.79. The van der Waals surface area contributed by atoms with E-state index < -0.39 is 0 Å². The van der Waals surface area contributed by atoms with Gasteiger partial charge in [-0.25, -0.2) is 0 Å². The summed E-state index contributed by atoms with van der Waals surface area (Å²) >= 11 is 0. The maximum atomic E-state index is 12.1. The Labute approximate surface area is 103 Å². The summed E-state index contributed by atoms with van der Waals surface area (Å²) in [6.07, 6.45) is 7.12. The van der Waals surface area contributed by atoms with Gasteiger partial charge in [0.05, 0.1) is 0 Å². The van der Waals surface area contributed by atoms with Gasteiger partial charge in [-0.1, -0.05) is 24.3 Å². The SMILES string of the molecule is Cc1ccc(C)c(NC(=O)[C@H]2CC=CCC2)c1. The van der Waals surface area contributed by atoms with Crippen molar-refractivity contribution in [2.75, 3.05) is 5.32 Å². The molecule has 2 nitrogen and oxygen atoms in total. The fourth-order valence-corrected chi connectivity index (χ4v) is 2.14. The Morgan fingerprint density at radius 1 is 1.29 bits per heavy atom. The van der Waals surface area contributed by atoms with Crippen LogP contribution in [0.2, 0.25) is 0 Å². The first-order valence-corrected chi connectivity index (χ1v) is 6.20. The number of amides is 1. The highest BCUT2D eigenvalue weighted by Crippen LogP contribution is 2.22. The molecular weight excluding hydrogens is 210 g/mol. The van der Waals surface area contributed by atoms with Crippen LogP contribution in [0.3, 0.4) is 0 Å². The number of hydrogen-bond donors (Lipinski definition) is 1. The van der Waals surface area contributed by atoms with Gasteiger partial charge < -0.3 is 5.32 Å². The summed E-state index contributed by atoms with van der Waals surface area (Å²) in [4.78, 5) is 12.1. The fourth-order valence-electron chi connectivity index (χ4n) is 2.14. The van der Waals surface area contributed by atoms with Crippen molar-refractivity contribution >= 4 is 11.6 Å². The van der Waals surface area contributed by atoms with Gasteiger partial charge >= 0.3 is 0 Å². The molecule has 0 fully saturated rings. The minimum atomic E-state index is 0.139. The third kappa shape index (κ3) is 2.96. The molecule has 0 saturated carbocycles. The van der Waals surface area contributed by atoms with Crippen molar-refractivity contribution in [1.82, 2.24) is 0 Å². The standard InChI is InChI=1S/C15H19NO/c1-11-8-9-12(2)14(10-11)16-15(17)13-6-4-3-5-7-13/h3-4,8-10,13H,5-7H2,1-2H3,(H,16,17)/t13-/m0/s1. The largest absolute Gasteiger partial charge is 0.326 e. The molecule has 0 bridgehead atoms. The Morgan fingerprint density at radius 2 is 2.12 bits per heavy atom. The van der Waals surface area contributed by atoms with Crippen LogP contribution in [0.1, 0.15) is 30.4 Å². The van der Waals surface area contributed by atoms with E-state index in [1.54, 1.807) is 0 Å². The van der Waals surface area contributed by atoms with Crippen molar-refractivity contribution in [3.05, 3.63) is 41.5 Å². The molecule has 0 spiro atoms. The van der Waals surface area contributed by atoms with Crippen molar-refractivity contribution in [3.63, 3.8) is 0 Å². The van der Waals surface area contributed by atoms with E-state index in [-0.39, 0.29) is 11.8 Å². The minimum absolute atomic E-state index is 0.139. The number of carbonyl (C=O) groups excluding carboxylic acids is 1. The molecule has 1 N–H and O–H groups in total. The van der Waals surface area contributed by atoms with Crippen molar-refractivity contribution in [2.45, 2.75) is 33.1 Å². The quantitative estimate of drug-likeness (QED) is 0.771. The highest BCUT2D eigenvalue weighted by Gasteiger charge is 2.19. The number of allylic oxidation sites excluding steroid dienone is 2. The maximum Gasteiger partial charge on any atom is 0.227 e. The van der Waals surface area contributed by atoms with Gasteiger partial charge in [0.1, 0.15) is 0 Å². The van der Waals surface area contributed by atoms with Crippen molar-refractivity contribution in [2.24, 2.45) is 5.92 Å². The van der Waals surface area contributed by atoms with Gasteiger partial charge in [0.25, 0.3) is 0 Å². The molecule has 0 saturated heterocycles. The van der Waals surface area contributed by atoms with Crippen molar-refractivity contribution in [3.8, 4) is 0 Å². The third-order valence-corrected chi connectivity index (χ3v) is 3.29. The van der Waals surface area contributed by atoms with Gasteiger partial charge in [0.15, 0.2) is 0 Å². The fraction of sp³-hybridized carbons (Fsp3) is 0.400. The molecule has 90 valence electrons. The van der Waals surface area contributed by atoms with E-state index in [1.165, 1.54) is 5.56 Å². The molecule has 0 aromatic heterocycles. The van der Waals surface area contributed by atoms with Crippen LogP contribution in [0.25, 0.3) is 0 Å². The van der Waals surface area contributed by atoms with Crippen LogP contribution in [0.4, 0.5) is 5.69 Å². The van der Waals surface area contributed by atoms with Crippen LogP contribution in [0, 0.1) is 19.8 Å².